The summed E-state index contributed by atoms with van der Waals surface area (Å²) in [6.45, 7) is 1.92. The van der Waals surface area contributed by atoms with Crippen molar-refractivity contribution >= 4 is 23.6 Å². The molecule has 0 radical (unpaired) electrons. The zero-order chi connectivity index (χ0) is 15.8. The van der Waals surface area contributed by atoms with Crippen LogP contribution in [0.2, 0.25) is 0 Å². The van der Waals surface area contributed by atoms with Crippen LogP contribution in [0.5, 0.6) is 5.75 Å². The van der Waals surface area contributed by atoms with Gasteiger partial charge in [-0.1, -0.05) is 12.1 Å². The molecule has 0 saturated carbocycles. The molecule has 0 saturated heterocycles. The Morgan fingerprint density at radius 3 is 2.71 bits per heavy atom. The predicted molar refractivity (Wildman–Crippen MR) is 84.0 cm³/mol. The Bertz CT molecular complexity index is 504. The summed E-state index contributed by atoms with van der Waals surface area (Å²) in [4.78, 5) is 23.0. The highest BCUT2D eigenvalue weighted by atomic mass is 32.2. The first kappa shape index (κ1) is 17.4. The Kier molecular flexibility index (Phi) is 7.08. The molecule has 0 aliphatic rings. The summed E-state index contributed by atoms with van der Waals surface area (Å²) in [6.07, 6.45) is 2.46. The van der Waals surface area contributed by atoms with E-state index in [-0.39, 0.29) is 12.3 Å². The van der Waals surface area contributed by atoms with Crippen LogP contribution >= 0.6 is 11.8 Å². The number of benzene rings is 1. The molecule has 0 heterocycles. The normalized spacial score (nSPS) is 11.8. The number of aliphatic carboxylic acids is 1. The van der Waals surface area contributed by atoms with E-state index in [2.05, 4.69) is 5.32 Å². The van der Waals surface area contributed by atoms with E-state index < -0.39 is 12.0 Å². The van der Waals surface area contributed by atoms with E-state index in [9.17, 15) is 9.59 Å². The number of amides is 1. The highest BCUT2D eigenvalue weighted by molar-refractivity contribution is 7.98. The third kappa shape index (κ3) is 5.67. The molecular weight excluding hydrogens is 290 g/mol. The molecule has 6 heteroatoms. The molecule has 2 N–H and O–H groups in total. The Hall–Kier alpha value is -1.69. The van der Waals surface area contributed by atoms with Crippen molar-refractivity contribution in [1.82, 2.24) is 5.32 Å². The molecule has 0 aliphatic carbocycles. The Morgan fingerprint density at radius 1 is 1.43 bits per heavy atom. The zero-order valence-electron chi connectivity index (χ0n) is 12.5. The number of methoxy groups -OCH3 is 1. The second-order valence-corrected chi connectivity index (χ2v) is 5.71. The van der Waals surface area contributed by atoms with Gasteiger partial charge in [0, 0.05) is 0 Å². The molecule has 21 heavy (non-hydrogen) atoms. The average Bonchev–Trinajstić information content (AvgIpc) is 2.45. The van der Waals surface area contributed by atoms with Gasteiger partial charge in [-0.05, 0) is 42.5 Å². The highest BCUT2D eigenvalue weighted by Crippen LogP contribution is 2.19. The van der Waals surface area contributed by atoms with Gasteiger partial charge in [-0.25, -0.2) is 4.79 Å². The molecule has 1 atom stereocenters. The molecule has 116 valence electrons. The number of aryl methyl sites for hydroxylation is 1. The van der Waals surface area contributed by atoms with Gasteiger partial charge in [0.2, 0.25) is 5.91 Å². The first-order valence-electron chi connectivity index (χ1n) is 6.62. The molecule has 1 rings (SSSR count). The molecule has 0 bridgehead atoms. The molecule has 0 aromatic heterocycles. The fourth-order valence-corrected chi connectivity index (χ4v) is 2.37. The molecule has 1 aromatic rings. The van der Waals surface area contributed by atoms with Crippen LogP contribution < -0.4 is 10.1 Å². The summed E-state index contributed by atoms with van der Waals surface area (Å²) in [5, 5.41) is 11.6. The summed E-state index contributed by atoms with van der Waals surface area (Å²) >= 11 is 1.55. The average molecular weight is 311 g/mol. The number of ether oxygens (including phenoxy) is 1. The van der Waals surface area contributed by atoms with E-state index in [1.807, 2.05) is 25.3 Å². The first-order valence-corrected chi connectivity index (χ1v) is 8.02. The molecule has 1 aromatic carbocycles. The standard InChI is InChI=1S/C15H21NO4S/c1-10-4-5-11(8-13(10)20-2)9-14(17)16-12(15(18)19)6-7-21-3/h4-5,8,12H,6-7,9H2,1-3H3,(H,16,17)(H,18,19). The van der Waals surface area contributed by atoms with Crippen molar-refractivity contribution in [3.05, 3.63) is 29.3 Å². The largest absolute Gasteiger partial charge is 0.496 e. The van der Waals surface area contributed by atoms with Crippen molar-refractivity contribution in [2.75, 3.05) is 19.1 Å². The molecule has 1 amide bonds. The molecular formula is C15H21NO4S. The predicted octanol–water partition coefficient (Wildman–Crippen LogP) is 1.87. The summed E-state index contributed by atoms with van der Waals surface area (Å²) in [6, 6.07) is 4.68. The minimum atomic E-state index is -1.00. The Labute approximate surface area is 129 Å². The molecule has 0 spiro atoms. The second-order valence-electron chi connectivity index (χ2n) is 4.72. The maximum atomic E-state index is 12.0. The van der Waals surface area contributed by atoms with Crippen LogP contribution in [0.15, 0.2) is 18.2 Å². The lowest BCUT2D eigenvalue weighted by Crippen LogP contribution is -2.41. The lowest BCUT2D eigenvalue weighted by molar-refractivity contribution is -0.141. The number of carbonyl (C=O) groups excluding carboxylic acids is 1. The van der Waals surface area contributed by atoms with E-state index in [1.54, 1.807) is 24.9 Å². The summed E-state index contributed by atoms with van der Waals surface area (Å²) in [5.41, 5.74) is 1.79. The fourth-order valence-electron chi connectivity index (χ4n) is 1.90. The van der Waals surface area contributed by atoms with E-state index in [1.165, 1.54) is 0 Å². The summed E-state index contributed by atoms with van der Waals surface area (Å²) in [7, 11) is 1.58. The minimum absolute atomic E-state index is 0.139. The van der Waals surface area contributed by atoms with Crippen LogP contribution in [0.25, 0.3) is 0 Å². The van der Waals surface area contributed by atoms with Gasteiger partial charge in [0.05, 0.1) is 13.5 Å². The number of carboxylic acid groups (broad SMARTS) is 1. The monoisotopic (exact) mass is 311 g/mol. The van der Waals surface area contributed by atoms with Crippen molar-refractivity contribution < 1.29 is 19.4 Å². The van der Waals surface area contributed by atoms with Gasteiger partial charge in [-0.15, -0.1) is 0 Å². The summed E-state index contributed by atoms with van der Waals surface area (Å²) in [5.74, 6) is 0.112. The molecule has 1 unspecified atom stereocenters. The number of carboxylic acids is 1. The van der Waals surface area contributed by atoms with Gasteiger partial charge in [0.15, 0.2) is 0 Å². The van der Waals surface area contributed by atoms with Gasteiger partial charge in [-0.3, -0.25) is 4.79 Å². The van der Waals surface area contributed by atoms with Crippen LogP contribution in [0.3, 0.4) is 0 Å². The van der Waals surface area contributed by atoms with Gasteiger partial charge in [0.1, 0.15) is 11.8 Å². The smallest absolute Gasteiger partial charge is 0.326 e. The lowest BCUT2D eigenvalue weighted by atomic mass is 10.1. The highest BCUT2D eigenvalue weighted by Gasteiger charge is 2.19. The lowest BCUT2D eigenvalue weighted by Gasteiger charge is -2.14. The number of carbonyl (C=O) groups is 2. The van der Waals surface area contributed by atoms with Crippen LogP contribution in [0.1, 0.15) is 17.5 Å². The quantitative estimate of drug-likeness (QED) is 0.766. The third-order valence-corrected chi connectivity index (χ3v) is 3.73. The van der Waals surface area contributed by atoms with Gasteiger partial charge in [0.25, 0.3) is 0 Å². The van der Waals surface area contributed by atoms with Gasteiger partial charge < -0.3 is 15.2 Å². The van der Waals surface area contributed by atoms with E-state index in [0.717, 1.165) is 16.9 Å². The number of hydrogen-bond acceptors (Lipinski definition) is 4. The van der Waals surface area contributed by atoms with E-state index in [0.29, 0.717) is 12.2 Å². The van der Waals surface area contributed by atoms with Crippen molar-refractivity contribution in [2.45, 2.75) is 25.8 Å². The van der Waals surface area contributed by atoms with E-state index >= 15 is 0 Å². The van der Waals surface area contributed by atoms with Crippen molar-refractivity contribution in [2.24, 2.45) is 0 Å². The molecule has 5 nitrogen and oxygen atoms in total. The maximum Gasteiger partial charge on any atom is 0.326 e. The second kappa shape index (κ2) is 8.56. The number of rotatable bonds is 8. The van der Waals surface area contributed by atoms with Crippen molar-refractivity contribution in [3.8, 4) is 5.75 Å². The van der Waals surface area contributed by atoms with Gasteiger partial charge >= 0.3 is 5.97 Å². The first-order chi connectivity index (χ1) is 9.97. The van der Waals surface area contributed by atoms with Crippen LogP contribution in [0.4, 0.5) is 0 Å². The SMILES string of the molecule is COc1cc(CC(=O)NC(CCSC)C(=O)O)ccc1C. The number of hydrogen-bond donors (Lipinski definition) is 2. The Morgan fingerprint density at radius 2 is 2.14 bits per heavy atom. The van der Waals surface area contributed by atoms with Gasteiger partial charge in [-0.2, -0.15) is 11.8 Å². The number of nitrogens with one attached hydrogen (secondary N) is 1. The van der Waals surface area contributed by atoms with Crippen LogP contribution in [-0.4, -0.2) is 42.1 Å². The topological polar surface area (TPSA) is 75.6 Å². The van der Waals surface area contributed by atoms with Crippen LogP contribution in [0, 0.1) is 6.92 Å². The number of thioether (sulfide) groups is 1. The van der Waals surface area contributed by atoms with Crippen LogP contribution in [-0.2, 0) is 16.0 Å². The molecule has 0 aliphatic heterocycles. The minimum Gasteiger partial charge on any atom is -0.496 e. The molecule has 0 fully saturated rings. The third-order valence-electron chi connectivity index (χ3n) is 3.08. The fraction of sp³-hybridized carbons (Fsp3) is 0.467. The summed E-state index contributed by atoms with van der Waals surface area (Å²) < 4.78 is 5.21. The Balaban J connectivity index is 2.65. The van der Waals surface area contributed by atoms with E-state index in [4.69, 9.17) is 9.84 Å². The van der Waals surface area contributed by atoms with Crippen molar-refractivity contribution in [3.63, 3.8) is 0 Å². The van der Waals surface area contributed by atoms with Crippen molar-refractivity contribution in [1.29, 1.82) is 0 Å². The maximum absolute atomic E-state index is 12.0. The zero-order valence-corrected chi connectivity index (χ0v) is 13.3.